The van der Waals surface area contributed by atoms with Crippen molar-refractivity contribution in [1.29, 1.82) is 0 Å². The van der Waals surface area contributed by atoms with Gasteiger partial charge in [0, 0.05) is 24.8 Å². The summed E-state index contributed by atoms with van der Waals surface area (Å²) in [4.78, 5) is 13.6. The zero-order valence-corrected chi connectivity index (χ0v) is 11.2. The number of halogens is 3. The standard InChI is InChI=1S/C13H16F3N3O2/c14-13(15,16)21-11-5-3-10(4-6-11)18-12(20)19-7-1-2-9(17)8-19/h3-6,9H,1-2,7-8,17H2,(H,18,20)/t9-/m1/s1. The average molecular weight is 303 g/mol. The molecule has 2 rings (SSSR count). The highest BCUT2D eigenvalue weighted by Gasteiger charge is 2.31. The molecule has 0 saturated carbocycles. The molecule has 3 N–H and O–H groups in total. The summed E-state index contributed by atoms with van der Waals surface area (Å²) in [7, 11) is 0. The van der Waals surface area contributed by atoms with Crippen LogP contribution in [0.2, 0.25) is 0 Å². The second-order valence-corrected chi connectivity index (χ2v) is 4.85. The van der Waals surface area contributed by atoms with Crippen LogP contribution in [0.5, 0.6) is 5.75 Å². The monoisotopic (exact) mass is 303 g/mol. The molecule has 1 saturated heterocycles. The molecule has 5 nitrogen and oxygen atoms in total. The first-order valence-corrected chi connectivity index (χ1v) is 6.51. The Balaban J connectivity index is 1.92. The van der Waals surface area contributed by atoms with Crippen molar-refractivity contribution < 1.29 is 22.7 Å². The van der Waals surface area contributed by atoms with Crippen LogP contribution in [0.3, 0.4) is 0 Å². The Bertz CT molecular complexity index is 490. The number of amides is 2. The van der Waals surface area contributed by atoms with E-state index in [4.69, 9.17) is 5.73 Å². The summed E-state index contributed by atoms with van der Waals surface area (Å²) in [6.07, 6.45) is -3.01. The summed E-state index contributed by atoms with van der Waals surface area (Å²) in [5, 5.41) is 2.62. The number of carbonyl (C=O) groups is 1. The second kappa shape index (κ2) is 6.21. The fraction of sp³-hybridized carbons (Fsp3) is 0.462. The van der Waals surface area contributed by atoms with Crippen LogP contribution in [0.4, 0.5) is 23.7 Å². The van der Waals surface area contributed by atoms with Gasteiger partial charge in [-0.25, -0.2) is 4.79 Å². The van der Waals surface area contributed by atoms with E-state index >= 15 is 0 Å². The Labute approximate surface area is 119 Å². The van der Waals surface area contributed by atoms with Gasteiger partial charge in [-0.2, -0.15) is 0 Å². The van der Waals surface area contributed by atoms with Gasteiger partial charge < -0.3 is 20.7 Å². The van der Waals surface area contributed by atoms with Crippen molar-refractivity contribution in [3.05, 3.63) is 24.3 Å². The lowest BCUT2D eigenvalue weighted by Crippen LogP contribution is -2.47. The van der Waals surface area contributed by atoms with Crippen LogP contribution in [0.15, 0.2) is 24.3 Å². The number of alkyl halides is 3. The fourth-order valence-corrected chi connectivity index (χ4v) is 2.14. The van der Waals surface area contributed by atoms with Crippen molar-refractivity contribution in [2.75, 3.05) is 18.4 Å². The molecule has 8 heteroatoms. The molecule has 0 bridgehead atoms. The number of piperidine rings is 1. The molecule has 1 aliphatic heterocycles. The molecule has 0 unspecified atom stereocenters. The molecular formula is C13H16F3N3O2. The molecule has 2 amide bonds. The number of hydrogen-bond acceptors (Lipinski definition) is 3. The maximum atomic E-state index is 12.0. The van der Waals surface area contributed by atoms with E-state index < -0.39 is 6.36 Å². The summed E-state index contributed by atoms with van der Waals surface area (Å²) in [5.41, 5.74) is 6.19. The molecule has 1 fully saturated rings. The van der Waals surface area contributed by atoms with Gasteiger partial charge in [0.15, 0.2) is 0 Å². The largest absolute Gasteiger partial charge is 0.573 e. The molecule has 0 aliphatic carbocycles. The summed E-state index contributed by atoms with van der Waals surface area (Å²) in [5.74, 6) is -0.333. The number of likely N-dealkylation sites (tertiary alicyclic amines) is 1. The van der Waals surface area contributed by atoms with E-state index in [2.05, 4.69) is 10.1 Å². The molecule has 21 heavy (non-hydrogen) atoms. The van der Waals surface area contributed by atoms with Gasteiger partial charge in [-0.1, -0.05) is 0 Å². The predicted molar refractivity (Wildman–Crippen MR) is 70.9 cm³/mol. The van der Waals surface area contributed by atoms with Gasteiger partial charge in [0.05, 0.1) is 0 Å². The first-order chi connectivity index (χ1) is 9.83. The van der Waals surface area contributed by atoms with Crippen molar-refractivity contribution in [3.63, 3.8) is 0 Å². The SMILES string of the molecule is N[C@@H]1CCCN(C(=O)Nc2ccc(OC(F)(F)F)cc2)C1. The van der Waals surface area contributed by atoms with Gasteiger partial charge in [0.25, 0.3) is 0 Å². The van der Waals surface area contributed by atoms with E-state index in [1.165, 1.54) is 12.1 Å². The number of urea groups is 1. The van der Waals surface area contributed by atoms with E-state index in [-0.39, 0.29) is 17.8 Å². The van der Waals surface area contributed by atoms with Crippen LogP contribution in [0, 0.1) is 0 Å². The minimum atomic E-state index is -4.73. The summed E-state index contributed by atoms with van der Waals surface area (Å²) in [6, 6.07) is 4.64. The summed E-state index contributed by atoms with van der Waals surface area (Å²) >= 11 is 0. The Morgan fingerprint density at radius 2 is 2.00 bits per heavy atom. The molecule has 0 spiro atoms. The van der Waals surface area contributed by atoms with Gasteiger partial charge in [-0.3, -0.25) is 0 Å². The number of nitrogens with zero attached hydrogens (tertiary/aromatic N) is 1. The molecule has 1 aromatic rings. The predicted octanol–water partition coefficient (Wildman–Crippen LogP) is 2.54. The van der Waals surface area contributed by atoms with E-state index in [0.29, 0.717) is 18.8 Å². The lowest BCUT2D eigenvalue weighted by atomic mass is 10.1. The Morgan fingerprint density at radius 1 is 1.33 bits per heavy atom. The van der Waals surface area contributed by atoms with Crippen molar-refractivity contribution in [2.45, 2.75) is 25.2 Å². The maximum Gasteiger partial charge on any atom is 0.573 e. The van der Waals surface area contributed by atoms with Gasteiger partial charge in [-0.15, -0.1) is 13.2 Å². The lowest BCUT2D eigenvalue weighted by Gasteiger charge is -2.30. The molecule has 0 radical (unpaired) electrons. The minimum absolute atomic E-state index is 0.0351. The zero-order valence-electron chi connectivity index (χ0n) is 11.2. The van der Waals surface area contributed by atoms with Crippen LogP contribution >= 0.6 is 0 Å². The van der Waals surface area contributed by atoms with Crippen molar-refractivity contribution in [3.8, 4) is 5.75 Å². The third kappa shape index (κ3) is 4.82. The Morgan fingerprint density at radius 3 is 2.57 bits per heavy atom. The van der Waals surface area contributed by atoms with Crippen LogP contribution in [0.1, 0.15) is 12.8 Å². The number of nitrogens with two attached hydrogens (primary N) is 1. The minimum Gasteiger partial charge on any atom is -0.406 e. The van der Waals surface area contributed by atoms with Crippen LogP contribution < -0.4 is 15.8 Å². The van der Waals surface area contributed by atoms with Crippen molar-refractivity contribution >= 4 is 11.7 Å². The van der Waals surface area contributed by atoms with E-state index in [9.17, 15) is 18.0 Å². The first kappa shape index (κ1) is 15.4. The van der Waals surface area contributed by atoms with E-state index in [0.717, 1.165) is 25.0 Å². The summed E-state index contributed by atoms with van der Waals surface area (Å²) in [6.45, 7) is 1.09. The number of ether oxygens (including phenoxy) is 1. The third-order valence-corrected chi connectivity index (χ3v) is 3.08. The van der Waals surface area contributed by atoms with Crippen LogP contribution in [-0.4, -0.2) is 36.4 Å². The molecule has 0 aromatic heterocycles. The number of benzene rings is 1. The second-order valence-electron chi connectivity index (χ2n) is 4.85. The number of nitrogens with one attached hydrogen (secondary N) is 1. The van der Waals surface area contributed by atoms with Crippen LogP contribution in [0.25, 0.3) is 0 Å². The normalized spacial score (nSPS) is 19.2. The molecular weight excluding hydrogens is 287 g/mol. The highest BCUT2D eigenvalue weighted by atomic mass is 19.4. The highest BCUT2D eigenvalue weighted by molar-refractivity contribution is 5.89. The van der Waals surface area contributed by atoms with E-state index in [1.807, 2.05) is 0 Å². The topological polar surface area (TPSA) is 67.6 Å². The molecule has 1 aromatic carbocycles. The average Bonchev–Trinajstić information content (AvgIpc) is 2.39. The number of carbonyl (C=O) groups excluding carboxylic acids is 1. The van der Waals surface area contributed by atoms with Crippen molar-refractivity contribution in [1.82, 2.24) is 4.90 Å². The number of anilines is 1. The first-order valence-electron chi connectivity index (χ1n) is 6.51. The van der Waals surface area contributed by atoms with Gasteiger partial charge in [0.1, 0.15) is 5.75 Å². The molecule has 116 valence electrons. The smallest absolute Gasteiger partial charge is 0.406 e. The number of rotatable bonds is 2. The lowest BCUT2D eigenvalue weighted by molar-refractivity contribution is -0.274. The maximum absolute atomic E-state index is 12.0. The Kier molecular flexibility index (Phi) is 4.56. The molecule has 1 aliphatic rings. The number of hydrogen-bond donors (Lipinski definition) is 2. The van der Waals surface area contributed by atoms with Crippen LogP contribution in [-0.2, 0) is 0 Å². The summed E-state index contributed by atoms with van der Waals surface area (Å²) < 4.78 is 39.8. The quantitative estimate of drug-likeness (QED) is 0.882. The zero-order chi connectivity index (χ0) is 15.5. The van der Waals surface area contributed by atoms with Crippen molar-refractivity contribution in [2.24, 2.45) is 5.73 Å². The van der Waals surface area contributed by atoms with E-state index in [1.54, 1.807) is 4.90 Å². The molecule has 1 atom stereocenters. The highest BCUT2D eigenvalue weighted by Crippen LogP contribution is 2.24. The molecule has 1 heterocycles. The fourth-order valence-electron chi connectivity index (χ4n) is 2.14. The van der Waals surface area contributed by atoms with Gasteiger partial charge in [0.2, 0.25) is 0 Å². The van der Waals surface area contributed by atoms with Gasteiger partial charge >= 0.3 is 12.4 Å². The third-order valence-electron chi connectivity index (χ3n) is 3.08. The Hall–Kier alpha value is -1.96. The van der Waals surface area contributed by atoms with Gasteiger partial charge in [-0.05, 0) is 37.1 Å².